The highest BCUT2D eigenvalue weighted by Gasteiger charge is 2.35. The molecule has 1 aliphatic heterocycles. The predicted molar refractivity (Wildman–Crippen MR) is 87.6 cm³/mol. The Morgan fingerprint density at radius 3 is 2.79 bits per heavy atom. The van der Waals surface area contributed by atoms with E-state index in [4.69, 9.17) is 4.74 Å². The highest BCUT2D eigenvalue weighted by atomic mass is 16.5. The number of carbonyl (C=O) groups excluding carboxylic acids is 2. The van der Waals surface area contributed by atoms with Crippen molar-refractivity contribution in [3.63, 3.8) is 0 Å². The number of benzene rings is 1. The summed E-state index contributed by atoms with van der Waals surface area (Å²) in [6.45, 7) is 1.26. The Bertz CT molecular complexity index is 646. The molecule has 0 fully saturated rings. The van der Waals surface area contributed by atoms with Crippen LogP contribution in [0.4, 0.5) is 5.69 Å². The van der Waals surface area contributed by atoms with E-state index >= 15 is 0 Å². The molecule has 0 aliphatic carbocycles. The van der Waals surface area contributed by atoms with Crippen molar-refractivity contribution < 1.29 is 24.2 Å². The average Bonchev–Trinajstić information content (AvgIpc) is 2.53. The van der Waals surface area contributed by atoms with Gasteiger partial charge in [0.15, 0.2) is 5.54 Å². The lowest BCUT2D eigenvalue weighted by Gasteiger charge is -2.27. The number of amides is 2. The lowest BCUT2D eigenvalue weighted by atomic mass is 9.89. The smallest absolute Gasteiger partial charge is 0.331 e. The van der Waals surface area contributed by atoms with E-state index < -0.39 is 17.4 Å². The van der Waals surface area contributed by atoms with Gasteiger partial charge < -0.3 is 20.5 Å². The molecular formula is C17H22N2O5. The largest absolute Gasteiger partial charge is 0.479 e. The van der Waals surface area contributed by atoms with E-state index in [1.165, 1.54) is 14.0 Å². The number of anilines is 1. The lowest BCUT2D eigenvalue weighted by molar-refractivity contribution is -0.149. The Morgan fingerprint density at radius 1 is 1.42 bits per heavy atom. The first kappa shape index (κ1) is 17.9. The van der Waals surface area contributed by atoms with Gasteiger partial charge in [-0.3, -0.25) is 9.59 Å². The fourth-order valence-electron chi connectivity index (χ4n) is 2.76. The molecule has 0 bridgehead atoms. The summed E-state index contributed by atoms with van der Waals surface area (Å²) in [4.78, 5) is 35.5. The van der Waals surface area contributed by atoms with Gasteiger partial charge >= 0.3 is 5.97 Å². The summed E-state index contributed by atoms with van der Waals surface area (Å²) < 4.78 is 4.86. The molecule has 1 aliphatic rings. The van der Waals surface area contributed by atoms with Crippen molar-refractivity contribution >= 4 is 23.5 Å². The highest BCUT2D eigenvalue weighted by molar-refractivity contribution is 5.96. The monoisotopic (exact) mass is 334 g/mol. The predicted octanol–water partition coefficient (Wildman–Crippen LogP) is 1.18. The Balaban J connectivity index is 1.92. The van der Waals surface area contributed by atoms with Gasteiger partial charge in [-0.1, -0.05) is 18.2 Å². The molecule has 0 radical (unpaired) electrons. The second kappa shape index (κ2) is 7.44. The second-order valence-electron chi connectivity index (χ2n) is 6.20. The number of nitrogens with one attached hydrogen (secondary N) is 2. The van der Waals surface area contributed by atoms with Gasteiger partial charge in [0.25, 0.3) is 0 Å². The van der Waals surface area contributed by atoms with Gasteiger partial charge in [0.05, 0.1) is 6.61 Å². The Hall–Kier alpha value is -2.41. The number of carboxylic acid groups (broad SMARTS) is 1. The van der Waals surface area contributed by atoms with E-state index in [0.717, 1.165) is 11.3 Å². The minimum absolute atomic E-state index is 0.0762. The van der Waals surface area contributed by atoms with Crippen LogP contribution in [0.3, 0.4) is 0 Å². The third-order valence-electron chi connectivity index (χ3n) is 4.15. The summed E-state index contributed by atoms with van der Waals surface area (Å²) in [5.74, 6) is -1.99. The second-order valence-corrected chi connectivity index (χ2v) is 6.20. The number of hydrogen-bond donors (Lipinski definition) is 3. The van der Waals surface area contributed by atoms with Gasteiger partial charge in [0.1, 0.15) is 0 Å². The average molecular weight is 334 g/mol. The number of methoxy groups -OCH3 is 1. The summed E-state index contributed by atoms with van der Waals surface area (Å²) in [5.41, 5.74) is 0.367. The van der Waals surface area contributed by atoms with Crippen LogP contribution in [-0.2, 0) is 25.5 Å². The van der Waals surface area contributed by atoms with Crippen molar-refractivity contribution in [2.24, 2.45) is 5.92 Å². The summed E-state index contributed by atoms with van der Waals surface area (Å²) in [6, 6.07) is 7.56. The van der Waals surface area contributed by atoms with Gasteiger partial charge in [0, 0.05) is 25.1 Å². The fourth-order valence-corrected chi connectivity index (χ4v) is 2.76. The normalized spacial score (nSPS) is 18.9. The molecule has 1 heterocycles. The van der Waals surface area contributed by atoms with Crippen LogP contribution in [0.1, 0.15) is 25.3 Å². The zero-order valence-electron chi connectivity index (χ0n) is 13.8. The Labute approximate surface area is 140 Å². The van der Waals surface area contributed by atoms with E-state index in [-0.39, 0.29) is 24.9 Å². The molecule has 1 aromatic carbocycles. The maximum absolute atomic E-state index is 12.1. The van der Waals surface area contributed by atoms with Gasteiger partial charge in [-0.25, -0.2) is 4.79 Å². The highest BCUT2D eigenvalue weighted by Crippen LogP contribution is 2.27. The van der Waals surface area contributed by atoms with Crippen molar-refractivity contribution in [3.8, 4) is 0 Å². The maximum atomic E-state index is 12.1. The molecule has 2 unspecified atom stereocenters. The molecule has 7 nitrogen and oxygen atoms in total. The van der Waals surface area contributed by atoms with Crippen molar-refractivity contribution in [1.82, 2.24) is 5.32 Å². The van der Waals surface area contributed by atoms with Crippen molar-refractivity contribution in [2.75, 3.05) is 19.0 Å². The number of aliphatic carboxylic acids is 1. The van der Waals surface area contributed by atoms with Crippen molar-refractivity contribution in [3.05, 3.63) is 29.8 Å². The van der Waals surface area contributed by atoms with Crippen LogP contribution in [0.25, 0.3) is 0 Å². The Kier molecular flexibility index (Phi) is 5.56. The van der Waals surface area contributed by atoms with E-state index in [1.54, 1.807) is 0 Å². The zero-order chi connectivity index (χ0) is 17.7. The lowest BCUT2D eigenvalue weighted by Crippen LogP contribution is -2.55. The van der Waals surface area contributed by atoms with Crippen LogP contribution in [-0.4, -0.2) is 42.1 Å². The van der Waals surface area contributed by atoms with Gasteiger partial charge in [-0.2, -0.15) is 0 Å². The minimum Gasteiger partial charge on any atom is -0.479 e. The van der Waals surface area contributed by atoms with Crippen LogP contribution in [0.5, 0.6) is 0 Å². The third kappa shape index (κ3) is 4.11. The summed E-state index contributed by atoms with van der Waals surface area (Å²) >= 11 is 0. The van der Waals surface area contributed by atoms with Crippen molar-refractivity contribution in [1.29, 1.82) is 0 Å². The topological polar surface area (TPSA) is 105 Å². The van der Waals surface area contributed by atoms with E-state index in [9.17, 15) is 19.5 Å². The van der Waals surface area contributed by atoms with E-state index in [1.807, 2.05) is 24.3 Å². The van der Waals surface area contributed by atoms with Gasteiger partial charge in [-0.15, -0.1) is 0 Å². The molecule has 2 atom stereocenters. The van der Waals surface area contributed by atoms with E-state index in [0.29, 0.717) is 12.8 Å². The first-order valence-electron chi connectivity index (χ1n) is 7.78. The molecule has 7 heteroatoms. The SMILES string of the molecule is COCC(C)(NC(=O)CCC1Cc2ccccc2NC1=O)C(=O)O. The molecule has 1 aromatic rings. The first-order chi connectivity index (χ1) is 11.4. The van der Waals surface area contributed by atoms with Crippen LogP contribution in [0.2, 0.25) is 0 Å². The molecule has 0 spiro atoms. The number of ether oxygens (including phenoxy) is 1. The quantitative estimate of drug-likeness (QED) is 0.694. The molecule has 0 saturated carbocycles. The molecular weight excluding hydrogens is 312 g/mol. The van der Waals surface area contributed by atoms with Gasteiger partial charge in [-0.05, 0) is 31.4 Å². The molecule has 2 amide bonds. The number of carboxylic acids is 1. The molecule has 24 heavy (non-hydrogen) atoms. The van der Waals surface area contributed by atoms with Crippen molar-refractivity contribution in [2.45, 2.75) is 31.7 Å². The standard InChI is InChI=1S/C17H22N2O5/c1-17(10-24-2,16(22)23)19-14(20)8-7-12-9-11-5-3-4-6-13(11)18-15(12)21/h3-6,12H,7-10H2,1-2H3,(H,18,21)(H,19,20)(H,22,23). The third-order valence-corrected chi connectivity index (χ3v) is 4.15. The minimum atomic E-state index is -1.48. The Morgan fingerprint density at radius 2 is 2.12 bits per heavy atom. The van der Waals surface area contributed by atoms with Crippen LogP contribution in [0.15, 0.2) is 24.3 Å². The number of fused-ring (bicyclic) bond motifs is 1. The number of para-hydroxylation sites is 1. The zero-order valence-corrected chi connectivity index (χ0v) is 13.8. The van der Waals surface area contributed by atoms with E-state index in [2.05, 4.69) is 10.6 Å². The number of rotatable bonds is 7. The summed E-state index contributed by atoms with van der Waals surface area (Å²) in [7, 11) is 1.37. The molecule has 0 saturated heterocycles. The summed E-state index contributed by atoms with van der Waals surface area (Å²) in [6.07, 6.45) is 1.01. The fraction of sp³-hybridized carbons (Fsp3) is 0.471. The molecule has 2 rings (SSSR count). The first-order valence-corrected chi connectivity index (χ1v) is 7.78. The van der Waals surface area contributed by atoms with Crippen LogP contribution in [0, 0.1) is 5.92 Å². The van der Waals surface area contributed by atoms with Crippen LogP contribution < -0.4 is 10.6 Å². The molecule has 130 valence electrons. The van der Waals surface area contributed by atoms with Gasteiger partial charge in [0.2, 0.25) is 11.8 Å². The maximum Gasteiger partial charge on any atom is 0.331 e. The van der Waals surface area contributed by atoms with Crippen LogP contribution >= 0.6 is 0 Å². The summed E-state index contributed by atoms with van der Waals surface area (Å²) in [5, 5.41) is 14.5. The molecule has 3 N–H and O–H groups in total. The molecule has 0 aromatic heterocycles. The number of hydrogen-bond acceptors (Lipinski definition) is 4. The number of carbonyl (C=O) groups is 3.